The molecule has 0 aliphatic rings. The topological polar surface area (TPSA) is 21.3 Å². The minimum absolute atomic E-state index is 0.485. The van der Waals surface area contributed by atoms with E-state index in [9.17, 15) is 13.2 Å². The van der Waals surface area contributed by atoms with Crippen LogP contribution in [-0.4, -0.2) is 19.2 Å². The van der Waals surface area contributed by atoms with Crippen molar-refractivity contribution in [1.82, 2.24) is 5.32 Å². The third-order valence-electron chi connectivity index (χ3n) is 2.82. The van der Waals surface area contributed by atoms with E-state index in [0.717, 1.165) is 37.9 Å². The van der Waals surface area contributed by atoms with Crippen molar-refractivity contribution in [2.45, 2.75) is 45.3 Å². The molecule has 0 radical (unpaired) electrons. The summed E-state index contributed by atoms with van der Waals surface area (Å²) in [5, 5.41) is 3.33. The maximum absolute atomic E-state index is 12.4. The molecule has 0 unspecified atom stereocenters. The summed E-state index contributed by atoms with van der Waals surface area (Å²) in [5.74, 6) is 0.485. The van der Waals surface area contributed by atoms with E-state index in [1.54, 1.807) is 0 Å². The number of halogens is 3. The van der Waals surface area contributed by atoms with E-state index in [1.807, 2.05) is 0 Å². The van der Waals surface area contributed by atoms with Gasteiger partial charge in [-0.15, -0.1) is 0 Å². The second-order valence-electron chi connectivity index (χ2n) is 5.04. The summed E-state index contributed by atoms with van der Waals surface area (Å²) >= 11 is 0. The number of rotatable bonds is 8. The van der Waals surface area contributed by atoms with Crippen LogP contribution >= 0.6 is 0 Å². The summed E-state index contributed by atoms with van der Waals surface area (Å²) in [5.41, 5.74) is -0.649. The first-order valence-corrected chi connectivity index (χ1v) is 6.93. The summed E-state index contributed by atoms with van der Waals surface area (Å²) in [6, 6.07) is 5.31. The molecule has 0 bridgehead atoms. The number of hydrogen-bond acceptors (Lipinski definition) is 2. The Labute approximate surface area is 118 Å². The van der Waals surface area contributed by atoms with Crippen LogP contribution in [0.1, 0.15) is 38.7 Å². The fourth-order valence-electron chi connectivity index (χ4n) is 1.72. The molecule has 0 aliphatic heterocycles. The highest BCUT2D eigenvalue weighted by Crippen LogP contribution is 2.30. The van der Waals surface area contributed by atoms with Crippen molar-refractivity contribution >= 4 is 0 Å². The highest BCUT2D eigenvalue weighted by molar-refractivity contribution is 5.28. The lowest BCUT2D eigenvalue weighted by Gasteiger charge is -2.10. The molecule has 5 heteroatoms. The van der Waals surface area contributed by atoms with Gasteiger partial charge in [0.05, 0.1) is 12.2 Å². The smallest absolute Gasteiger partial charge is 0.416 e. The van der Waals surface area contributed by atoms with E-state index >= 15 is 0 Å². The first-order valence-electron chi connectivity index (χ1n) is 6.93. The Bertz CT molecular complexity index is 374. The Morgan fingerprint density at radius 2 is 1.70 bits per heavy atom. The van der Waals surface area contributed by atoms with Crippen LogP contribution < -0.4 is 10.1 Å². The molecule has 1 aromatic rings. The summed E-state index contributed by atoms with van der Waals surface area (Å²) < 4.78 is 42.5. The van der Waals surface area contributed by atoms with Crippen molar-refractivity contribution in [3.05, 3.63) is 29.8 Å². The van der Waals surface area contributed by atoms with Crippen molar-refractivity contribution in [2.24, 2.45) is 0 Å². The molecule has 0 heterocycles. The van der Waals surface area contributed by atoms with Crippen LogP contribution in [0.15, 0.2) is 24.3 Å². The zero-order chi connectivity index (χ0) is 15.0. The average Bonchev–Trinajstić information content (AvgIpc) is 2.37. The van der Waals surface area contributed by atoms with Crippen LogP contribution in [0.4, 0.5) is 13.2 Å². The van der Waals surface area contributed by atoms with E-state index in [1.165, 1.54) is 12.1 Å². The van der Waals surface area contributed by atoms with Crippen LogP contribution in [-0.2, 0) is 6.18 Å². The fraction of sp³-hybridized carbons (Fsp3) is 0.600. The van der Waals surface area contributed by atoms with Gasteiger partial charge in [0.25, 0.3) is 0 Å². The number of hydrogen-bond donors (Lipinski definition) is 1. The summed E-state index contributed by atoms with van der Waals surface area (Å²) in [6.07, 6.45) is -1.27. The average molecular weight is 289 g/mol. The van der Waals surface area contributed by atoms with Crippen molar-refractivity contribution in [3.8, 4) is 5.75 Å². The van der Waals surface area contributed by atoms with Crippen LogP contribution in [0.25, 0.3) is 0 Å². The van der Waals surface area contributed by atoms with Gasteiger partial charge in [-0.1, -0.05) is 13.8 Å². The second-order valence-corrected chi connectivity index (χ2v) is 5.04. The van der Waals surface area contributed by atoms with Gasteiger partial charge in [-0.25, -0.2) is 0 Å². The zero-order valence-corrected chi connectivity index (χ0v) is 12.0. The molecule has 0 amide bonds. The zero-order valence-electron chi connectivity index (χ0n) is 12.0. The summed E-state index contributed by atoms with van der Waals surface area (Å²) in [6.45, 7) is 5.73. The summed E-state index contributed by atoms with van der Waals surface area (Å²) in [4.78, 5) is 0. The van der Waals surface area contributed by atoms with Gasteiger partial charge in [0.2, 0.25) is 0 Å². The van der Waals surface area contributed by atoms with Crippen LogP contribution in [0.3, 0.4) is 0 Å². The van der Waals surface area contributed by atoms with Gasteiger partial charge in [-0.3, -0.25) is 0 Å². The van der Waals surface area contributed by atoms with E-state index in [-0.39, 0.29) is 0 Å². The molecule has 1 N–H and O–H groups in total. The van der Waals surface area contributed by atoms with Gasteiger partial charge in [-0.05, 0) is 50.1 Å². The van der Waals surface area contributed by atoms with E-state index in [4.69, 9.17) is 4.74 Å². The molecule has 0 saturated carbocycles. The Balaban J connectivity index is 2.16. The lowest BCUT2D eigenvalue weighted by Crippen LogP contribution is -2.23. The molecule has 20 heavy (non-hydrogen) atoms. The van der Waals surface area contributed by atoms with Gasteiger partial charge in [0.1, 0.15) is 5.75 Å². The van der Waals surface area contributed by atoms with E-state index < -0.39 is 11.7 Å². The fourth-order valence-corrected chi connectivity index (χ4v) is 1.72. The monoisotopic (exact) mass is 289 g/mol. The van der Waals surface area contributed by atoms with Gasteiger partial charge in [0, 0.05) is 6.04 Å². The van der Waals surface area contributed by atoms with Gasteiger partial charge in [-0.2, -0.15) is 13.2 Å². The Kier molecular flexibility index (Phi) is 6.85. The summed E-state index contributed by atoms with van der Waals surface area (Å²) in [7, 11) is 0. The van der Waals surface area contributed by atoms with Gasteiger partial charge in [0.15, 0.2) is 0 Å². The van der Waals surface area contributed by atoms with Crippen molar-refractivity contribution in [3.63, 3.8) is 0 Å². The molecule has 1 aromatic carbocycles. The first-order chi connectivity index (χ1) is 9.39. The Hall–Kier alpha value is -1.23. The largest absolute Gasteiger partial charge is 0.494 e. The molecule has 2 nitrogen and oxygen atoms in total. The lowest BCUT2D eigenvalue weighted by atomic mass is 10.2. The third-order valence-corrected chi connectivity index (χ3v) is 2.82. The Morgan fingerprint density at radius 1 is 1.05 bits per heavy atom. The predicted molar refractivity (Wildman–Crippen MR) is 73.9 cm³/mol. The standard InChI is InChI=1S/C15H22F3NO/c1-12(2)19-10-4-3-5-11-20-14-8-6-13(7-9-14)15(16,17)18/h6-9,12,19H,3-5,10-11H2,1-2H3. The quantitative estimate of drug-likeness (QED) is 0.722. The van der Waals surface area contributed by atoms with Crippen LogP contribution in [0.5, 0.6) is 5.75 Å². The van der Waals surface area contributed by atoms with E-state index in [2.05, 4.69) is 19.2 Å². The molecule has 0 aromatic heterocycles. The van der Waals surface area contributed by atoms with Crippen molar-refractivity contribution in [2.75, 3.05) is 13.2 Å². The molecule has 0 aliphatic carbocycles. The minimum Gasteiger partial charge on any atom is -0.494 e. The van der Waals surface area contributed by atoms with Crippen molar-refractivity contribution < 1.29 is 17.9 Å². The first kappa shape index (κ1) is 16.8. The molecule has 114 valence electrons. The minimum atomic E-state index is -4.29. The highest BCUT2D eigenvalue weighted by Gasteiger charge is 2.29. The Morgan fingerprint density at radius 3 is 2.25 bits per heavy atom. The second kappa shape index (κ2) is 8.15. The van der Waals surface area contributed by atoms with E-state index in [0.29, 0.717) is 18.4 Å². The normalized spacial score (nSPS) is 11.9. The molecule has 1 rings (SSSR count). The van der Waals surface area contributed by atoms with Crippen LogP contribution in [0.2, 0.25) is 0 Å². The van der Waals surface area contributed by atoms with Crippen LogP contribution in [0, 0.1) is 0 Å². The van der Waals surface area contributed by atoms with Gasteiger partial charge >= 0.3 is 6.18 Å². The SMILES string of the molecule is CC(C)NCCCCCOc1ccc(C(F)(F)F)cc1. The molecule has 0 spiro atoms. The number of benzene rings is 1. The highest BCUT2D eigenvalue weighted by atomic mass is 19.4. The van der Waals surface area contributed by atoms with Gasteiger partial charge < -0.3 is 10.1 Å². The predicted octanol–water partition coefficient (Wildman–Crippen LogP) is 4.25. The number of unbranched alkanes of at least 4 members (excludes halogenated alkanes) is 2. The molecular weight excluding hydrogens is 267 g/mol. The molecule has 0 fully saturated rings. The molecular formula is C15H22F3NO. The lowest BCUT2D eigenvalue weighted by molar-refractivity contribution is -0.137. The number of nitrogens with one attached hydrogen (secondary N) is 1. The molecule has 0 saturated heterocycles. The van der Waals surface area contributed by atoms with Crippen molar-refractivity contribution in [1.29, 1.82) is 0 Å². The molecule has 0 atom stereocenters. The third kappa shape index (κ3) is 6.80. The number of ether oxygens (including phenoxy) is 1. The number of alkyl halides is 3. The maximum atomic E-state index is 12.4. The maximum Gasteiger partial charge on any atom is 0.416 e.